The fraction of sp³-hybridized carbons (Fsp3) is 0.267. The van der Waals surface area contributed by atoms with E-state index in [1.165, 1.54) is 5.56 Å². The minimum Gasteiger partial charge on any atom is -0.476 e. The Bertz CT molecular complexity index is 514. The molecular weight excluding hydrogens is 238 g/mol. The molecule has 19 heavy (non-hydrogen) atoms. The molecule has 2 aromatic rings. The SMILES string of the molecule is CCOc1nc(NCCc2ccccc2)ccc1N. The maximum Gasteiger partial charge on any atom is 0.239 e. The summed E-state index contributed by atoms with van der Waals surface area (Å²) in [6, 6.07) is 14.0. The second-order valence-electron chi connectivity index (χ2n) is 4.19. The highest BCUT2D eigenvalue weighted by atomic mass is 16.5. The van der Waals surface area contributed by atoms with Crippen LogP contribution in [-0.4, -0.2) is 18.1 Å². The molecular formula is C15H19N3O. The molecule has 0 unspecified atom stereocenters. The highest BCUT2D eigenvalue weighted by molar-refractivity contribution is 5.53. The summed E-state index contributed by atoms with van der Waals surface area (Å²) in [5, 5.41) is 3.27. The Morgan fingerprint density at radius 2 is 1.95 bits per heavy atom. The first kappa shape index (κ1) is 13.2. The lowest BCUT2D eigenvalue weighted by Gasteiger charge is -2.09. The third-order valence-electron chi connectivity index (χ3n) is 2.73. The third-order valence-corrected chi connectivity index (χ3v) is 2.73. The lowest BCUT2D eigenvalue weighted by atomic mass is 10.1. The van der Waals surface area contributed by atoms with Crippen LogP contribution in [0.1, 0.15) is 12.5 Å². The van der Waals surface area contributed by atoms with Crippen LogP contribution in [-0.2, 0) is 6.42 Å². The predicted molar refractivity (Wildman–Crippen MR) is 78.5 cm³/mol. The van der Waals surface area contributed by atoms with Crippen LogP contribution in [0.5, 0.6) is 5.88 Å². The summed E-state index contributed by atoms with van der Waals surface area (Å²) in [6.45, 7) is 3.30. The van der Waals surface area contributed by atoms with Crippen molar-refractivity contribution in [3.63, 3.8) is 0 Å². The van der Waals surface area contributed by atoms with Crippen molar-refractivity contribution >= 4 is 11.5 Å². The molecule has 0 bridgehead atoms. The molecule has 4 nitrogen and oxygen atoms in total. The minimum absolute atomic E-state index is 0.493. The molecule has 0 saturated carbocycles. The topological polar surface area (TPSA) is 60.2 Å². The number of anilines is 2. The largest absolute Gasteiger partial charge is 0.476 e. The smallest absolute Gasteiger partial charge is 0.239 e. The Hall–Kier alpha value is -2.23. The monoisotopic (exact) mass is 257 g/mol. The van der Waals surface area contributed by atoms with Crippen molar-refractivity contribution in [2.45, 2.75) is 13.3 Å². The van der Waals surface area contributed by atoms with E-state index >= 15 is 0 Å². The van der Waals surface area contributed by atoms with Gasteiger partial charge >= 0.3 is 0 Å². The van der Waals surface area contributed by atoms with Gasteiger partial charge in [0.2, 0.25) is 5.88 Å². The van der Waals surface area contributed by atoms with Crippen LogP contribution in [0.15, 0.2) is 42.5 Å². The molecule has 0 atom stereocenters. The average molecular weight is 257 g/mol. The van der Waals surface area contributed by atoms with E-state index in [9.17, 15) is 0 Å². The summed E-state index contributed by atoms with van der Waals surface area (Å²) < 4.78 is 5.37. The van der Waals surface area contributed by atoms with Gasteiger partial charge in [0, 0.05) is 6.54 Å². The number of aromatic nitrogens is 1. The third kappa shape index (κ3) is 3.88. The van der Waals surface area contributed by atoms with Crippen LogP contribution < -0.4 is 15.8 Å². The van der Waals surface area contributed by atoms with Crippen molar-refractivity contribution in [3.05, 3.63) is 48.0 Å². The number of hydrogen-bond acceptors (Lipinski definition) is 4. The Morgan fingerprint density at radius 3 is 2.68 bits per heavy atom. The van der Waals surface area contributed by atoms with Crippen LogP contribution in [0, 0.1) is 0 Å². The molecule has 1 aromatic carbocycles. The van der Waals surface area contributed by atoms with E-state index < -0.39 is 0 Å². The van der Waals surface area contributed by atoms with Gasteiger partial charge in [-0.25, -0.2) is 0 Å². The Balaban J connectivity index is 1.91. The molecule has 100 valence electrons. The van der Waals surface area contributed by atoms with Gasteiger partial charge in [0.15, 0.2) is 0 Å². The van der Waals surface area contributed by atoms with Gasteiger partial charge in [0.1, 0.15) is 5.82 Å². The number of benzene rings is 1. The fourth-order valence-electron chi connectivity index (χ4n) is 1.78. The molecule has 0 amide bonds. The van der Waals surface area contributed by atoms with E-state index in [0.717, 1.165) is 18.8 Å². The molecule has 1 aromatic heterocycles. The quantitative estimate of drug-likeness (QED) is 0.835. The zero-order valence-electron chi connectivity index (χ0n) is 11.1. The summed E-state index contributed by atoms with van der Waals surface area (Å²) in [6.07, 6.45) is 0.955. The molecule has 1 heterocycles. The van der Waals surface area contributed by atoms with Crippen LogP contribution in [0.2, 0.25) is 0 Å². The number of rotatable bonds is 6. The molecule has 0 saturated heterocycles. The Kier molecular flexibility index (Phi) is 4.61. The van der Waals surface area contributed by atoms with Gasteiger partial charge in [-0.1, -0.05) is 30.3 Å². The van der Waals surface area contributed by atoms with E-state index in [-0.39, 0.29) is 0 Å². The van der Waals surface area contributed by atoms with E-state index in [4.69, 9.17) is 10.5 Å². The molecule has 0 fully saturated rings. The van der Waals surface area contributed by atoms with Gasteiger partial charge in [-0.15, -0.1) is 0 Å². The second-order valence-corrected chi connectivity index (χ2v) is 4.19. The number of ether oxygens (including phenoxy) is 1. The molecule has 0 aliphatic rings. The molecule has 2 rings (SSSR count). The normalized spacial score (nSPS) is 10.2. The molecule has 4 heteroatoms. The number of hydrogen-bond donors (Lipinski definition) is 2. The molecule has 0 aliphatic heterocycles. The van der Waals surface area contributed by atoms with Gasteiger partial charge in [0.25, 0.3) is 0 Å². The molecule has 3 N–H and O–H groups in total. The standard InChI is InChI=1S/C15H19N3O/c1-2-19-15-13(16)8-9-14(18-15)17-11-10-12-6-4-3-5-7-12/h3-9H,2,10-11,16H2,1H3,(H,17,18). The lowest BCUT2D eigenvalue weighted by molar-refractivity contribution is 0.329. The fourth-order valence-corrected chi connectivity index (χ4v) is 1.78. The predicted octanol–water partition coefficient (Wildman–Crippen LogP) is 2.72. The van der Waals surface area contributed by atoms with Crippen molar-refractivity contribution in [2.24, 2.45) is 0 Å². The van der Waals surface area contributed by atoms with E-state index in [1.807, 2.05) is 37.3 Å². The number of nitrogens with zero attached hydrogens (tertiary/aromatic N) is 1. The van der Waals surface area contributed by atoms with Crippen LogP contribution in [0.25, 0.3) is 0 Å². The molecule has 0 spiro atoms. The highest BCUT2D eigenvalue weighted by Gasteiger charge is 2.03. The number of nitrogens with one attached hydrogen (secondary N) is 1. The zero-order chi connectivity index (χ0) is 13.5. The summed E-state index contributed by atoms with van der Waals surface area (Å²) in [5.74, 6) is 1.28. The van der Waals surface area contributed by atoms with E-state index in [0.29, 0.717) is 18.2 Å². The van der Waals surface area contributed by atoms with Crippen LogP contribution >= 0.6 is 0 Å². The number of nitrogens with two attached hydrogens (primary N) is 1. The van der Waals surface area contributed by atoms with E-state index in [1.54, 1.807) is 0 Å². The van der Waals surface area contributed by atoms with E-state index in [2.05, 4.69) is 22.4 Å². The van der Waals surface area contributed by atoms with Gasteiger partial charge < -0.3 is 15.8 Å². The van der Waals surface area contributed by atoms with Crippen molar-refractivity contribution < 1.29 is 4.74 Å². The second kappa shape index (κ2) is 6.64. The highest BCUT2D eigenvalue weighted by Crippen LogP contribution is 2.20. The summed E-state index contributed by atoms with van der Waals surface area (Å²) >= 11 is 0. The zero-order valence-corrected chi connectivity index (χ0v) is 11.1. The first-order valence-corrected chi connectivity index (χ1v) is 6.46. The van der Waals surface area contributed by atoms with Crippen molar-refractivity contribution in [3.8, 4) is 5.88 Å². The summed E-state index contributed by atoms with van der Waals surface area (Å²) in [7, 11) is 0. The molecule has 0 aliphatic carbocycles. The maximum absolute atomic E-state index is 5.78. The summed E-state index contributed by atoms with van der Waals surface area (Å²) in [4.78, 5) is 4.33. The van der Waals surface area contributed by atoms with Crippen molar-refractivity contribution in [1.82, 2.24) is 4.98 Å². The van der Waals surface area contributed by atoms with Crippen molar-refractivity contribution in [1.29, 1.82) is 0 Å². The first-order chi connectivity index (χ1) is 9.29. The number of nitrogen functional groups attached to an aromatic ring is 1. The van der Waals surface area contributed by atoms with Gasteiger partial charge in [0.05, 0.1) is 12.3 Å². The van der Waals surface area contributed by atoms with Crippen LogP contribution in [0.3, 0.4) is 0 Å². The average Bonchev–Trinajstić information content (AvgIpc) is 2.44. The van der Waals surface area contributed by atoms with Crippen LogP contribution in [0.4, 0.5) is 11.5 Å². The first-order valence-electron chi connectivity index (χ1n) is 6.46. The maximum atomic E-state index is 5.78. The van der Waals surface area contributed by atoms with Gasteiger partial charge in [-0.05, 0) is 31.0 Å². The molecule has 0 radical (unpaired) electrons. The Morgan fingerprint density at radius 1 is 1.16 bits per heavy atom. The Labute approximate surface area is 113 Å². The van der Waals surface area contributed by atoms with Gasteiger partial charge in [-0.3, -0.25) is 0 Å². The summed E-state index contributed by atoms with van der Waals surface area (Å²) in [5.41, 5.74) is 7.65. The van der Waals surface area contributed by atoms with Gasteiger partial charge in [-0.2, -0.15) is 4.98 Å². The lowest BCUT2D eigenvalue weighted by Crippen LogP contribution is -2.08. The minimum atomic E-state index is 0.493. The van der Waals surface area contributed by atoms with Crippen molar-refractivity contribution in [2.75, 3.05) is 24.2 Å². The number of pyridine rings is 1.